The molecule has 20 heteroatoms. The predicted octanol–water partition coefficient (Wildman–Crippen LogP) is 3.39. The second-order valence-electron chi connectivity index (χ2n) is 7.78. The molecule has 0 spiro atoms. The van der Waals surface area contributed by atoms with Crippen LogP contribution in [0.4, 0.5) is 37.3 Å². The van der Waals surface area contributed by atoms with Crippen LogP contribution in [0.1, 0.15) is 0 Å². The minimum atomic E-state index is -5.04. The number of aromatic nitrogens is 2. The fourth-order valence-corrected chi connectivity index (χ4v) is 5.40. The van der Waals surface area contributed by atoms with Gasteiger partial charge in [0.1, 0.15) is 27.5 Å². The molecule has 1 aromatic heterocycles. The molecule has 0 amide bonds. The number of nitrogen functional groups attached to an aromatic ring is 1. The van der Waals surface area contributed by atoms with Gasteiger partial charge in [0.25, 0.3) is 36.3 Å². The maximum absolute atomic E-state index is 13.9. The van der Waals surface area contributed by atoms with Crippen molar-refractivity contribution in [3.05, 3.63) is 60.6 Å². The number of benzene rings is 3. The molecule has 15 nitrogen and oxygen atoms in total. The molecule has 0 radical (unpaired) electrons. The third kappa shape index (κ3) is 5.85. The topological polar surface area (TPSA) is 252 Å². The lowest BCUT2D eigenvalue weighted by atomic mass is 10.1. The van der Waals surface area contributed by atoms with E-state index in [-0.39, 0.29) is 22.1 Å². The van der Waals surface area contributed by atoms with E-state index >= 15 is 0 Å². The number of rotatable bonds is 7. The number of hydrogen-bond acceptors (Lipinski definition) is 12. The van der Waals surface area contributed by atoms with E-state index in [4.69, 9.17) is 5.73 Å². The van der Waals surface area contributed by atoms with Gasteiger partial charge in [-0.2, -0.15) is 34.0 Å². The number of anilines is 3. The average Bonchev–Trinajstić information content (AvgIpc) is 2.84. The molecule has 0 bridgehead atoms. The quantitative estimate of drug-likeness (QED) is 0.0865. The van der Waals surface area contributed by atoms with Gasteiger partial charge in [0, 0.05) is 16.5 Å². The second-order valence-corrected chi connectivity index (χ2v) is 12.0. The van der Waals surface area contributed by atoms with E-state index in [2.05, 4.69) is 25.5 Å². The molecule has 3 aromatic carbocycles. The highest BCUT2D eigenvalue weighted by atomic mass is 32.2. The zero-order valence-electron chi connectivity index (χ0n) is 19.3. The van der Waals surface area contributed by atoms with E-state index in [9.17, 15) is 47.7 Å². The molecule has 210 valence electrons. The summed E-state index contributed by atoms with van der Waals surface area (Å²) in [6.07, 6.45) is 0.697. The van der Waals surface area contributed by atoms with Crippen molar-refractivity contribution < 1.29 is 47.7 Å². The van der Waals surface area contributed by atoms with E-state index in [1.54, 1.807) is 0 Å². The van der Waals surface area contributed by atoms with Crippen LogP contribution in [0.25, 0.3) is 10.8 Å². The van der Waals surface area contributed by atoms with Crippen molar-refractivity contribution in [2.24, 2.45) is 10.2 Å². The zero-order valence-corrected chi connectivity index (χ0v) is 21.7. The van der Waals surface area contributed by atoms with Crippen LogP contribution in [0.2, 0.25) is 0 Å². The molecule has 0 aliphatic carbocycles. The molecule has 4 aromatic rings. The number of hydrogen-bond donors (Lipinski definition) is 5. The van der Waals surface area contributed by atoms with E-state index in [1.165, 1.54) is 0 Å². The van der Waals surface area contributed by atoms with E-state index in [1.807, 2.05) is 0 Å². The first-order valence-corrected chi connectivity index (χ1v) is 14.6. The fourth-order valence-electron chi connectivity index (χ4n) is 3.41. The minimum Gasteiger partial charge on any atom is -0.397 e. The van der Waals surface area contributed by atoms with Gasteiger partial charge in [-0.1, -0.05) is 6.07 Å². The van der Waals surface area contributed by atoms with Gasteiger partial charge in [0.15, 0.2) is 5.82 Å². The zero-order chi connectivity index (χ0) is 29.6. The van der Waals surface area contributed by atoms with Crippen LogP contribution < -0.4 is 11.1 Å². The first-order valence-electron chi connectivity index (χ1n) is 10.2. The highest BCUT2D eigenvalue weighted by Gasteiger charge is 2.23. The summed E-state index contributed by atoms with van der Waals surface area (Å²) in [4.78, 5) is 3.75. The molecule has 0 saturated carbocycles. The number of nitrogens with zero attached hydrogens (tertiary/aromatic N) is 4. The van der Waals surface area contributed by atoms with Crippen molar-refractivity contribution in [3.8, 4) is 0 Å². The lowest BCUT2D eigenvalue weighted by Gasteiger charge is -2.11. The molecular weight excluding hydrogens is 602 g/mol. The van der Waals surface area contributed by atoms with Crippen LogP contribution >= 0.6 is 0 Å². The van der Waals surface area contributed by atoms with Gasteiger partial charge in [-0.15, -0.1) is 10.2 Å². The third-order valence-electron chi connectivity index (χ3n) is 5.15. The Morgan fingerprint density at radius 3 is 2.08 bits per heavy atom. The van der Waals surface area contributed by atoms with Crippen LogP contribution in [0.3, 0.4) is 0 Å². The number of azo groups is 1. The van der Waals surface area contributed by atoms with E-state index < -0.39 is 74.0 Å². The average molecular weight is 617 g/mol. The maximum atomic E-state index is 13.9. The van der Waals surface area contributed by atoms with Crippen LogP contribution in [0.5, 0.6) is 0 Å². The Morgan fingerprint density at radius 1 is 0.775 bits per heavy atom. The first kappa shape index (κ1) is 28.8. The summed E-state index contributed by atoms with van der Waals surface area (Å²) in [7, 11) is -15.1. The summed E-state index contributed by atoms with van der Waals surface area (Å²) in [6, 6.07) is 6.42. The monoisotopic (exact) mass is 616 g/mol. The van der Waals surface area contributed by atoms with Crippen molar-refractivity contribution >= 4 is 69.7 Å². The number of halogens is 2. The van der Waals surface area contributed by atoms with Gasteiger partial charge in [0.2, 0.25) is 5.82 Å². The van der Waals surface area contributed by atoms with Crippen LogP contribution in [-0.4, -0.2) is 48.9 Å². The Morgan fingerprint density at radius 2 is 1.45 bits per heavy atom. The molecule has 6 N–H and O–H groups in total. The summed E-state index contributed by atoms with van der Waals surface area (Å²) >= 11 is 0. The Kier molecular flexibility index (Phi) is 7.25. The molecular formula is C20H14F2N6O9S3. The lowest BCUT2D eigenvalue weighted by molar-refractivity contribution is 0.476. The molecule has 0 unspecified atom stereocenters. The van der Waals surface area contributed by atoms with Crippen molar-refractivity contribution in [2.45, 2.75) is 14.7 Å². The Hall–Kier alpha value is -4.21. The lowest BCUT2D eigenvalue weighted by Crippen LogP contribution is -2.05. The van der Waals surface area contributed by atoms with Gasteiger partial charge < -0.3 is 11.1 Å². The van der Waals surface area contributed by atoms with Gasteiger partial charge in [-0.05, 0) is 36.4 Å². The smallest absolute Gasteiger partial charge is 0.296 e. The summed E-state index contributed by atoms with van der Waals surface area (Å²) < 4.78 is 127. The molecule has 1 heterocycles. The summed E-state index contributed by atoms with van der Waals surface area (Å²) in [5, 5.41) is 9.18. The van der Waals surface area contributed by atoms with Gasteiger partial charge in [-0.3, -0.25) is 13.7 Å². The van der Waals surface area contributed by atoms with E-state index in [0.717, 1.165) is 36.4 Å². The molecule has 0 aliphatic rings. The minimum absolute atomic E-state index is 0.191. The van der Waals surface area contributed by atoms with Crippen molar-refractivity contribution in [3.63, 3.8) is 0 Å². The second kappa shape index (κ2) is 10.1. The van der Waals surface area contributed by atoms with Gasteiger partial charge in [-0.25, -0.2) is 9.97 Å². The van der Waals surface area contributed by atoms with Crippen molar-refractivity contribution in [1.82, 2.24) is 9.97 Å². The normalized spacial score (nSPS) is 12.7. The van der Waals surface area contributed by atoms with E-state index in [0.29, 0.717) is 12.4 Å². The molecule has 0 saturated heterocycles. The summed E-state index contributed by atoms with van der Waals surface area (Å²) in [5.74, 6) is -3.62. The van der Waals surface area contributed by atoms with Crippen LogP contribution in [-0.2, 0) is 30.4 Å². The Labute approximate surface area is 223 Å². The fraction of sp³-hybridized carbons (Fsp3) is 0. The summed E-state index contributed by atoms with van der Waals surface area (Å²) in [6.45, 7) is 0. The van der Waals surface area contributed by atoms with Gasteiger partial charge >= 0.3 is 0 Å². The molecule has 0 atom stereocenters. The molecule has 4 rings (SSSR count). The van der Waals surface area contributed by atoms with Crippen LogP contribution in [0, 0.1) is 11.8 Å². The highest BCUT2D eigenvalue weighted by Crippen LogP contribution is 2.39. The van der Waals surface area contributed by atoms with Crippen molar-refractivity contribution in [2.75, 3.05) is 11.1 Å². The largest absolute Gasteiger partial charge is 0.397 e. The SMILES string of the molecule is Nc1ccc2c(S(=O)(=O)O)cc(S(=O)(=O)O)cc2c1N=Nc1ccc(Nc2ncnc(F)c2F)cc1S(=O)(=O)O. The predicted molar refractivity (Wildman–Crippen MR) is 134 cm³/mol. The number of fused-ring (bicyclic) bond motifs is 1. The molecule has 0 fully saturated rings. The molecule has 40 heavy (non-hydrogen) atoms. The maximum Gasteiger partial charge on any atom is 0.296 e. The first-order chi connectivity index (χ1) is 18.5. The standard InChI is InChI=1S/C20H14F2N6O9S3/c21-17-19(22)24-8-25-20(17)26-9-1-4-14(16(5-9)40(35,36)37)27-28-18-12-6-10(38(29,30)31)7-15(39(32,33)34)11(12)2-3-13(18)23/h1-8H,23H2,(H,24,25,26)(H,29,30,31)(H,32,33,34)(H,35,36,37). The van der Waals surface area contributed by atoms with Gasteiger partial charge in [0.05, 0.1) is 10.6 Å². The number of nitrogens with two attached hydrogens (primary N) is 1. The van der Waals surface area contributed by atoms with Crippen LogP contribution in [0.15, 0.2) is 73.7 Å². The Balaban J connectivity index is 1.89. The molecule has 0 aliphatic heterocycles. The van der Waals surface area contributed by atoms with Crippen molar-refractivity contribution in [1.29, 1.82) is 0 Å². The summed E-state index contributed by atoms with van der Waals surface area (Å²) in [5.41, 5.74) is 4.55. The highest BCUT2D eigenvalue weighted by molar-refractivity contribution is 7.87. The number of nitrogens with one attached hydrogen (secondary N) is 1. The third-order valence-corrected chi connectivity index (χ3v) is 7.76. The Bertz CT molecular complexity index is 2060.